The van der Waals surface area contributed by atoms with E-state index in [0.717, 1.165) is 25.7 Å². The van der Waals surface area contributed by atoms with Crippen molar-refractivity contribution in [3.8, 4) is 0 Å². The van der Waals surface area contributed by atoms with E-state index in [-0.39, 0.29) is 11.6 Å². The van der Waals surface area contributed by atoms with Crippen LogP contribution in [0.4, 0.5) is 0 Å². The molecule has 0 aliphatic carbocycles. The Kier molecular flexibility index (Phi) is 5.51. The van der Waals surface area contributed by atoms with Gasteiger partial charge in [0.15, 0.2) is 0 Å². The Morgan fingerprint density at radius 3 is 2.00 bits per heavy atom. The molecule has 1 atom stereocenters. The Hall–Kier alpha value is -0.0800. The van der Waals surface area contributed by atoms with E-state index in [1.807, 2.05) is 0 Å². The molecule has 2 nitrogen and oxygen atoms in total. The predicted molar refractivity (Wildman–Crippen MR) is 53.2 cm³/mol. The fourth-order valence-corrected chi connectivity index (χ4v) is 1.79. The Bertz CT molecular complexity index is 102. The van der Waals surface area contributed by atoms with Gasteiger partial charge in [0.25, 0.3) is 0 Å². The molecule has 0 unspecified atom stereocenters. The lowest BCUT2D eigenvalue weighted by atomic mass is 9.86. The number of rotatable bonds is 6. The molecule has 0 rings (SSSR count). The highest BCUT2D eigenvalue weighted by molar-refractivity contribution is 4.88. The van der Waals surface area contributed by atoms with E-state index in [4.69, 9.17) is 10.5 Å². The first-order valence-electron chi connectivity index (χ1n) is 4.97. The minimum atomic E-state index is -0.0873. The van der Waals surface area contributed by atoms with Crippen molar-refractivity contribution >= 4 is 0 Å². The molecule has 0 aliphatic heterocycles. The molecule has 2 heteroatoms. The summed E-state index contributed by atoms with van der Waals surface area (Å²) in [7, 11) is 1.77. The second kappa shape index (κ2) is 5.55. The second-order valence-corrected chi connectivity index (χ2v) is 3.37. The molecule has 0 saturated heterocycles. The highest BCUT2D eigenvalue weighted by Gasteiger charge is 2.32. The van der Waals surface area contributed by atoms with Crippen LogP contribution in [0, 0.1) is 0 Å². The van der Waals surface area contributed by atoms with Crippen molar-refractivity contribution in [2.24, 2.45) is 5.73 Å². The van der Waals surface area contributed by atoms with Gasteiger partial charge < -0.3 is 10.5 Å². The average Bonchev–Trinajstić information content (AvgIpc) is 2.09. The van der Waals surface area contributed by atoms with Gasteiger partial charge >= 0.3 is 0 Å². The van der Waals surface area contributed by atoms with Crippen LogP contribution in [0.2, 0.25) is 0 Å². The number of hydrogen-bond donors (Lipinski definition) is 1. The highest BCUT2D eigenvalue weighted by atomic mass is 16.5. The van der Waals surface area contributed by atoms with Gasteiger partial charge in [-0.3, -0.25) is 0 Å². The SMILES string of the molecule is CCC[C@H](N)C(CC)(CC)OC. The first-order valence-corrected chi connectivity index (χ1v) is 4.97. The van der Waals surface area contributed by atoms with Crippen LogP contribution in [0.5, 0.6) is 0 Å². The van der Waals surface area contributed by atoms with E-state index in [9.17, 15) is 0 Å². The summed E-state index contributed by atoms with van der Waals surface area (Å²) in [6.07, 6.45) is 4.18. The lowest BCUT2D eigenvalue weighted by Crippen LogP contribution is -2.48. The maximum Gasteiger partial charge on any atom is 0.0823 e. The normalized spacial score (nSPS) is 14.8. The molecule has 12 heavy (non-hydrogen) atoms. The largest absolute Gasteiger partial charge is 0.377 e. The van der Waals surface area contributed by atoms with Crippen LogP contribution in [0.15, 0.2) is 0 Å². The monoisotopic (exact) mass is 173 g/mol. The molecule has 0 spiro atoms. The third-order valence-corrected chi connectivity index (χ3v) is 2.88. The van der Waals surface area contributed by atoms with E-state index in [1.165, 1.54) is 0 Å². The Morgan fingerprint density at radius 1 is 1.25 bits per heavy atom. The van der Waals surface area contributed by atoms with Gasteiger partial charge in [0.05, 0.1) is 5.60 Å². The van der Waals surface area contributed by atoms with E-state index in [2.05, 4.69) is 20.8 Å². The number of ether oxygens (including phenoxy) is 1. The summed E-state index contributed by atoms with van der Waals surface area (Å²) in [5.74, 6) is 0. The standard InChI is InChI=1S/C10H23NO/c1-5-8-9(11)10(6-2,7-3)12-4/h9H,5-8,11H2,1-4H3/t9-/m0/s1. The van der Waals surface area contributed by atoms with Crippen molar-refractivity contribution < 1.29 is 4.74 Å². The van der Waals surface area contributed by atoms with Gasteiger partial charge in [0.2, 0.25) is 0 Å². The molecular weight excluding hydrogens is 150 g/mol. The van der Waals surface area contributed by atoms with E-state index < -0.39 is 0 Å². The molecule has 0 amide bonds. The highest BCUT2D eigenvalue weighted by Crippen LogP contribution is 2.25. The molecule has 0 aromatic carbocycles. The molecule has 0 heterocycles. The zero-order valence-electron chi connectivity index (χ0n) is 8.89. The maximum absolute atomic E-state index is 6.07. The summed E-state index contributed by atoms with van der Waals surface area (Å²) in [6.45, 7) is 6.44. The number of hydrogen-bond acceptors (Lipinski definition) is 2. The first kappa shape index (κ1) is 11.9. The smallest absolute Gasteiger partial charge is 0.0823 e. The summed E-state index contributed by atoms with van der Waals surface area (Å²) in [4.78, 5) is 0. The molecule has 0 aliphatic rings. The number of nitrogens with two attached hydrogens (primary N) is 1. The summed E-state index contributed by atoms with van der Waals surface area (Å²) in [5, 5.41) is 0. The Balaban J connectivity index is 4.24. The van der Waals surface area contributed by atoms with Gasteiger partial charge in [-0.1, -0.05) is 27.2 Å². The van der Waals surface area contributed by atoms with Crippen molar-refractivity contribution in [1.82, 2.24) is 0 Å². The van der Waals surface area contributed by atoms with Crippen LogP contribution in [-0.2, 0) is 4.74 Å². The molecule has 0 fully saturated rings. The molecule has 0 radical (unpaired) electrons. The Morgan fingerprint density at radius 2 is 1.75 bits per heavy atom. The first-order chi connectivity index (χ1) is 5.66. The fraction of sp³-hybridized carbons (Fsp3) is 1.00. The van der Waals surface area contributed by atoms with Crippen LogP contribution in [0.25, 0.3) is 0 Å². The van der Waals surface area contributed by atoms with Crippen LogP contribution in [-0.4, -0.2) is 18.8 Å². The van der Waals surface area contributed by atoms with Crippen molar-refractivity contribution in [3.63, 3.8) is 0 Å². The van der Waals surface area contributed by atoms with E-state index in [0.29, 0.717) is 0 Å². The van der Waals surface area contributed by atoms with Gasteiger partial charge in [0.1, 0.15) is 0 Å². The summed E-state index contributed by atoms with van der Waals surface area (Å²) >= 11 is 0. The van der Waals surface area contributed by atoms with Crippen molar-refractivity contribution in [2.75, 3.05) is 7.11 Å². The van der Waals surface area contributed by atoms with Gasteiger partial charge in [-0.25, -0.2) is 0 Å². The molecule has 2 N–H and O–H groups in total. The van der Waals surface area contributed by atoms with Crippen molar-refractivity contribution in [3.05, 3.63) is 0 Å². The van der Waals surface area contributed by atoms with Gasteiger partial charge in [-0.15, -0.1) is 0 Å². The van der Waals surface area contributed by atoms with E-state index in [1.54, 1.807) is 7.11 Å². The summed E-state index contributed by atoms with van der Waals surface area (Å²) in [6, 6.07) is 0.183. The minimum absolute atomic E-state index is 0.0873. The van der Waals surface area contributed by atoms with Crippen molar-refractivity contribution in [2.45, 2.75) is 58.1 Å². The Labute approximate surface area is 76.5 Å². The third-order valence-electron chi connectivity index (χ3n) is 2.88. The number of methoxy groups -OCH3 is 1. The summed E-state index contributed by atoms with van der Waals surface area (Å²) < 4.78 is 5.53. The fourth-order valence-electron chi connectivity index (χ4n) is 1.79. The lowest BCUT2D eigenvalue weighted by Gasteiger charge is -2.36. The predicted octanol–water partition coefficient (Wildman–Crippen LogP) is 2.32. The van der Waals surface area contributed by atoms with Gasteiger partial charge in [0, 0.05) is 13.2 Å². The zero-order valence-corrected chi connectivity index (χ0v) is 8.89. The molecule has 0 bridgehead atoms. The van der Waals surface area contributed by atoms with Gasteiger partial charge in [-0.2, -0.15) is 0 Å². The van der Waals surface area contributed by atoms with Crippen molar-refractivity contribution in [1.29, 1.82) is 0 Å². The minimum Gasteiger partial charge on any atom is -0.377 e. The van der Waals surface area contributed by atoms with Crippen LogP contribution in [0.1, 0.15) is 46.5 Å². The van der Waals surface area contributed by atoms with Crippen LogP contribution in [0.3, 0.4) is 0 Å². The summed E-state index contributed by atoms with van der Waals surface area (Å²) in [5.41, 5.74) is 5.98. The molecule has 74 valence electrons. The van der Waals surface area contributed by atoms with Crippen LogP contribution < -0.4 is 5.73 Å². The molecule has 0 aromatic rings. The maximum atomic E-state index is 6.07. The average molecular weight is 173 g/mol. The molecular formula is C10H23NO. The molecule has 0 aromatic heterocycles. The van der Waals surface area contributed by atoms with Gasteiger partial charge in [-0.05, 0) is 19.3 Å². The second-order valence-electron chi connectivity index (χ2n) is 3.37. The van der Waals surface area contributed by atoms with E-state index >= 15 is 0 Å². The quantitative estimate of drug-likeness (QED) is 0.669. The third kappa shape index (κ3) is 2.46. The van der Waals surface area contributed by atoms with Crippen LogP contribution >= 0.6 is 0 Å². The lowest BCUT2D eigenvalue weighted by molar-refractivity contribution is -0.0395. The molecule has 0 saturated carbocycles. The topological polar surface area (TPSA) is 35.2 Å². The zero-order chi connectivity index (χ0) is 9.61.